The van der Waals surface area contributed by atoms with Gasteiger partial charge in [-0.3, -0.25) is 9.48 Å². The first-order valence-corrected chi connectivity index (χ1v) is 9.17. The van der Waals surface area contributed by atoms with Gasteiger partial charge in [-0.1, -0.05) is 26.0 Å². The molecule has 1 aromatic heterocycles. The van der Waals surface area contributed by atoms with Crippen molar-refractivity contribution >= 4 is 15.9 Å². The SMILES string of the molecule is CC(C)c1cc(C(=O)NCCc2ccc(S(N)(=O)=O)cc2)nn1C. The average Bonchev–Trinajstić information content (AvgIpc) is 2.89. The number of sulfonamides is 1. The summed E-state index contributed by atoms with van der Waals surface area (Å²) >= 11 is 0. The molecule has 0 fully saturated rings. The minimum atomic E-state index is -3.68. The molecule has 0 aliphatic carbocycles. The third-order valence-corrected chi connectivity index (χ3v) is 4.62. The van der Waals surface area contributed by atoms with E-state index >= 15 is 0 Å². The molecule has 0 saturated carbocycles. The zero-order valence-corrected chi connectivity index (χ0v) is 14.8. The molecule has 130 valence electrons. The lowest BCUT2D eigenvalue weighted by Crippen LogP contribution is -2.26. The largest absolute Gasteiger partial charge is 0.350 e. The summed E-state index contributed by atoms with van der Waals surface area (Å²) in [6.45, 7) is 4.52. The van der Waals surface area contributed by atoms with Crippen LogP contribution in [0, 0.1) is 0 Å². The van der Waals surface area contributed by atoms with Crippen LogP contribution in [-0.2, 0) is 23.5 Å². The molecule has 0 bridgehead atoms. The first-order chi connectivity index (χ1) is 11.2. The molecule has 0 aliphatic heterocycles. The minimum Gasteiger partial charge on any atom is -0.350 e. The van der Waals surface area contributed by atoms with Crippen molar-refractivity contribution < 1.29 is 13.2 Å². The van der Waals surface area contributed by atoms with Gasteiger partial charge in [0.05, 0.1) is 4.90 Å². The summed E-state index contributed by atoms with van der Waals surface area (Å²) in [6.07, 6.45) is 0.584. The molecule has 2 aromatic rings. The maximum Gasteiger partial charge on any atom is 0.271 e. The van der Waals surface area contributed by atoms with Crippen molar-refractivity contribution in [2.45, 2.75) is 31.1 Å². The Labute approximate surface area is 141 Å². The first-order valence-electron chi connectivity index (χ1n) is 7.62. The molecular formula is C16H22N4O3S. The highest BCUT2D eigenvalue weighted by molar-refractivity contribution is 7.89. The van der Waals surface area contributed by atoms with Crippen molar-refractivity contribution in [1.29, 1.82) is 0 Å². The van der Waals surface area contributed by atoms with E-state index < -0.39 is 10.0 Å². The number of benzene rings is 1. The molecule has 1 amide bonds. The van der Waals surface area contributed by atoms with Gasteiger partial charge in [-0.2, -0.15) is 5.10 Å². The summed E-state index contributed by atoms with van der Waals surface area (Å²) in [6, 6.07) is 8.08. The van der Waals surface area contributed by atoms with E-state index in [0.717, 1.165) is 11.3 Å². The van der Waals surface area contributed by atoms with Gasteiger partial charge in [0, 0.05) is 19.3 Å². The van der Waals surface area contributed by atoms with Crippen LogP contribution in [0.4, 0.5) is 0 Å². The van der Waals surface area contributed by atoms with Crippen LogP contribution in [0.5, 0.6) is 0 Å². The van der Waals surface area contributed by atoms with Crippen LogP contribution in [0.2, 0.25) is 0 Å². The fourth-order valence-electron chi connectivity index (χ4n) is 2.39. The van der Waals surface area contributed by atoms with Crippen molar-refractivity contribution in [2.75, 3.05) is 6.54 Å². The second kappa shape index (κ2) is 7.14. The maximum absolute atomic E-state index is 12.1. The molecule has 0 saturated heterocycles. The van der Waals surface area contributed by atoms with Crippen LogP contribution >= 0.6 is 0 Å². The monoisotopic (exact) mass is 350 g/mol. The normalized spacial score (nSPS) is 11.7. The van der Waals surface area contributed by atoms with Gasteiger partial charge in [-0.05, 0) is 36.1 Å². The predicted molar refractivity (Wildman–Crippen MR) is 91.1 cm³/mol. The van der Waals surface area contributed by atoms with Crippen LogP contribution in [0.1, 0.15) is 41.5 Å². The predicted octanol–water partition coefficient (Wildman–Crippen LogP) is 1.16. The number of primary sulfonamides is 1. The lowest BCUT2D eigenvalue weighted by atomic mass is 10.1. The fourth-order valence-corrected chi connectivity index (χ4v) is 2.91. The van der Waals surface area contributed by atoms with Gasteiger partial charge in [0.1, 0.15) is 5.69 Å². The van der Waals surface area contributed by atoms with Gasteiger partial charge in [-0.25, -0.2) is 13.6 Å². The smallest absolute Gasteiger partial charge is 0.271 e. The zero-order valence-electron chi connectivity index (χ0n) is 14.0. The van der Waals surface area contributed by atoms with Gasteiger partial charge < -0.3 is 5.32 Å². The maximum atomic E-state index is 12.1. The molecule has 0 atom stereocenters. The fraction of sp³-hybridized carbons (Fsp3) is 0.375. The highest BCUT2D eigenvalue weighted by Crippen LogP contribution is 2.14. The zero-order chi connectivity index (χ0) is 17.9. The van der Waals surface area contributed by atoms with E-state index in [1.54, 1.807) is 22.9 Å². The third-order valence-electron chi connectivity index (χ3n) is 3.69. The van der Waals surface area contributed by atoms with Crippen LogP contribution < -0.4 is 10.5 Å². The summed E-state index contributed by atoms with van der Waals surface area (Å²) in [5, 5.41) is 12.1. The quantitative estimate of drug-likeness (QED) is 0.815. The molecule has 3 N–H and O–H groups in total. The number of hydrogen-bond acceptors (Lipinski definition) is 4. The van der Waals surface area contributed by atoms with Crippen molar-refractivity contribution in [2.24, 2.45) is 12.2 Å². The molecular weight excluding hydrogens is 328 g/mol. The molecule has 0 aliphatic rings. The molecule has 1 aromatic carbocycles. The number of amides is 1. The molecule has 0 unspecified atom stereocenters. The standard InChI is InChI=1S/C16H22N4O3S/c1-11(2)15-10-14(19-20(15)3)16(21)18-9-8-12-4-6-13(7-5-12)24(17,22)23/h4-7,10-11H,8-9H2,1-3H3,(H,18,21)(H2,17,22,23). The summed E-state index contributed by atoms with van der Waals surface area (Å²) in [7, 11) is -1.86. The number of carbonyl (C=O) groups excluding carboxylic acids is 1. The third kappa shape index (κ3) is 4.42. The van der Waals surface area contributed by atoms with E-state index in [-0.39, 0.29) is 10.8 Å². The van der Waals surface area contributed by atoms with Gasteiger partial charge in [0.2, 0.25) is 10.0 Å². The van der Waals surface area contributed by atoms with Gasteiger partial charge in [0.15, 0.2) is 0 Å². The summed E-state index contributed by atoms with van der Waals surface area (Å²) in [5.41, 5.74) is 2.30. The van der Waals surface area contributed by atoms with Gasteiger partial charge in [0.25, 0.3) is 5.91 Å². The second-order valence-corrected chi connectivity index (χ2v) is 7.49. The Hall–Kier alpha value is -2.19. The second-order valence-electron chi connectivity index (χ2n) is 5.93. The molecule has 7 nitrogen and oxygen atoms in total. The van der Waals surface area contributed by atoms with E-state index in [2.05, 4.69) is 10.4 Å². The van der Waals surface area contributed by atoms with Crippen molar-refractivity contribution in [3.63, 3.8) is 0 Å². The summed E-state index contributed by atoms with van der Waals surface area (Å²) < 4.78 is 24.1. The van der Waals surface area contributed by atoms with E-state index in [9.17, 15) is 13.2 Å². The van der Waals surface area contributed by atoms with Crippen LogP contribution in [-0.4, -0.2) is 30.7 Å². The molecule has 0 spiro atoms. The Bertz CT molecular complexity index is 824. The highest BCUT2D eigenvalue weighted by Gasteiger charge is 2.14. The Kier molecular flexibility index (Phi) is 5.40. The Morgan fingerprint density at radius 3 is 2.42 bits per heavy atom. The van der Waals surface area contributed by atoms with E-state index in [1.807, 2.05) is 20.9 Å². The first kappa shape index (κ1) is 18.2. The lowest BCUT2D eigenvalue weighted by Gasteiger charge is -2.04. The van der Waals surface area contributed by atoms with E-state index in [0.29, 0.717) is 24.6 Å². The minimum absolute atomic E-state index is 0.0741. The number of carbonyl (C=O) groups is 1. The van der Waals surface area contributed by atoms with E-state index in [1.165, 1.54) is 12.1 Å². The topological polar surface area (TPSA) is 107 Å². The van der Waals surface area contributed by atoms with Crippen molar-refractivity contribution in [3.8, 4) is 0 Å². The number of aryl methyl sites for hydroxylation is 1. The lowest BCUT2D eigenvalue weighted by molar-refractivity contribution is 0.0948. The summed E-state index contributed by atoms with van der Waals surface area (Å²) in [5.74, 6) is 0.0695. The molecule has 2 rings (SSSR count). The highest BCUT2D eigenvalue weighted by atomic mass is 32.2. The molecule has 24 heavy (non-hydrogen) atoms. The Morgan fingerprint density at radius 1 is 1.29 bits per heavy atom. The van der Waals surface area contributed by atoms with Crippen LogP contribution in [0.3, 0.4) is 0 Å². The number of nitrogens with one attached hydrogen (secondary N) is 1. The number of rotatable bonds is 6. The van der Waals surface area contributed by atoms with Gasteiger partial charge >= 0.3 is 0 Å². The molecule has 1 heterocycles. The number of aromatic nitrogens is 2. The molecule has 8 heteroatoms. The van der Waals surface area contributed by atoms with Crippen LogP contribution in [0.15, 0.2) is 35.2 Å². The van der Waals surface area contributed by atoms with Crippen molar-refractivity contribution in [3.05, 3.63) is 47.3 Å². The average molecular weight is 350 g/mol. The van der Waals surface area contributed by atoms with E-state index in [4.69, 9.17) is 5.14 Å². The van der Waals surface area contributed by atoms with Crippen LogP contribution in [0.25, 0.3) is 0 Å². The number of nitrogens with two attached hydrogens (primary N) is 1. The number of hydrogen-bond donors (Lipinski definition) is 2. The Balaban J connectivity index is 1.92. The number of nitrogens with zero attached hydrogens (tertiary/aromatic N) is 2. The van der Waals surface area contributed by atoms with Gasteiger partial charge in [-0.15, -0.1) is 0 Å². The summed E-state index contributed by atoms with van der Waals surface area (Å²) in [4.78, 5) is 12.2. The van der Waals surface area contributed by atoms with Crippen molar-refractivity contribution in [1.82, 2.24) is 15.1 Å². The molecule has 0 radical (unpaired) electrons. The Morgan fingerprint density at radius 2 is 1.92 bits per heavy atom.